The van der Waals surface area contributed by atoms with Gasteiger partial charge in [-0.3, -0.25) is 4.18 Å². The lowest BCUT2D eigenvalue weighted by Gasteiger charge is -2.13. The number of anilines is 1. The highest BCUT2D eigenvalue weighted by atomic mass is 32.2. The third-order valence-corrected chi connectivity index (χ3v) is 7.66. The van der Waals surface area contributed by atoms with Gasteiger partial charge in [-0.25, -0.2) is 9.97 Å². The molecule has 2 heterocycles. The lowest BCUT2D eigenvalue weighted by Crippen LogP contribution is -2.10. The predicted octanol–water partition coefficient (Wildman–Crippen LogP) is 4.17. The summed E-state index contributed by atoms with van der Waals surface area (Å²) in [5.41, 5.74) is 3.00. The van der Waals surface area contributed by atoms with Gasteiger partial charge in [-0.05, 0) is 43.3 Å². The van der Waals surface area contributed by atoms with Gasteiger partial charge in [0.05, 0.1) is 32.8 Å². The highest BCUT2D eigenvalue weighted by Crippen LogP contribution is 2.30. The van der Waals surface area contributed by atoms with Crippen molar-refractivity contribution in [2.75, 3.05) is 33.3 Å². The first-order chi connectivity index (χ1) is 19.3. The summed E-state index contributed by atoms with van der Waals surface area (Å²) in [7, 11) is 0.872. The first kappa shape index (κ1) is 27.2. The van der Waals surface area contributed by atoms with Gasteiger partial charge in [-0.1, -0.05) is 23.8 Å². The van der Waals surface area contributed by atoms with E-state index in [0.717, 1.165) is 16.5 Å². The third-order valence-electron chi connectivity index (χ3n) is 6.33. The molecule has 0 radical (unpaired) electrons. The minimum absolute atomic E-state index is 0.101. The smallest absolute Gasteiger partial charge is 0.296 e. The van der Waals surface area contributed by atoms with Crippen LogP contribution in [0, 0.1) is 6.92 Å². The summed E-state index contributed by atoms with van der Waals surface area (Å²) in [6.07, 6.45) is 0.171. The van der Waals surface area contributed by atoms with E-state index < -0.39 is 10.1 Å². The molecular weight excluding hydrogens is 534 g/mol. The topological polar surface area (TPSA) is 126 Å². The van der Waals surface area contributed by atoms with Gasteiger partial charge in [-0.2, -0.15) is 12.9 Å². The lowest BCUT2D eigenvalue weighted by molar-refractivity contribution is 0.319. The number of fused-ring (bicyclic) bond motifs is 3. The number of rotatable bonds is 11. The minimum Gasteiger partial charge on any atom is -0.497 e. The Morgan fingerprint density at radius 3 is 2.40 bits per heavy atom. The minimum atomic E-state index is -3.90. The number of para-hydroxylation sites is 1. The van der Waals surface area contributed by atoms with Crippen molar-refractivity contribution in [2.45, 2.75) is 24.8 Å². The van der Waals surface area contributed by atoms with Crippen LogP contribution in [0.4, 0.5) is 5.95 Å². The van der Waals surface area contributed by atoms with Gasteiger partial charge in [-0.15, -0.1) is 5.10 Å². The second kappa shape index (κ2) is 11.4. The van der Waals surface area contributed by atoms with Crippen LogP contribution >= 0.6 is 0 Å². The molecule has 0 atom stereocenters. The fraction of sp³-hybridized carbons (Fsp3) is 0.250. The Balaban J connectivity index is 1.44. The van der Waals surface area contributed by atoms with E-state index in [0.29, 0.717) is 46.7 Å². The summed E-state index contributed by atoms with van der Waals surface area (Å²) in [5.74, 6) is 2.76. The molecule has 0 aliphatic rings. The molecule has 3 aromatic carbocycles. The molecule has 0 unspecified atom stereocenters. The zero-order valence-corrected chi connectivity index (χ0v) is 23.4. The third kappa shape index (κ3) is 5.49. The largest absolute Gasteiger partial charge is 0.497 e. The molecule has 5 rings (SSSR count). The number of hydrogen-bond donors (Lipinski definition) is 1. The summed E-state index contributed by atoms with van der Waals surface area (Å²) < 4.78 is 48.4. The van der Waals surface area contributed by atoms with E-state index in [1.165, 1.54) is 12.1 Å². The maximum Gasteiger partial charge on any atom is 0.296 e. The first-order valence-corrected chi connectivity index (χ1v) is 13.9. The Morgan fingerprint density at radius 1 is 0.900 bits per heavy atom. The Kier molecular flexibility index (Phi) is 7.71. The SMILES string of the molecule is COc1ccc(CNc2nc3c(OC)cccc3c3nc(CCOS(=O)(=O)c4ccc(C)cc4)nn23)c(OC)c1. The van der Waals surface area contributed by atoms with E-state index in [1.54, 1.807) is 38.0 Å². The van der Waals surface area contributed by atoms with E-state index in [1.807, 2.05) is 43.3 Å². The van der Waals surface area contributed by atoms with Crippen molar-refractivity contribution in [1.29, 1.82) is 0 Å². The molecule has 0 spiro atoms. The molecule has 2 aromatic heterocycles. The number of aromatic nitrogens is 4. The standard InChI is InChI=1S/C28H29N5O6S/c1-18-8-12-21(13-9-18)40(34,35)39-15-14-25-30-27-22-6-5-7-23(37-3)26(22)31-28(33(27)32-25)29-17-19-10-11-20(36-2)16-24(19)38-4/h5-13,16H,14-15,17H2,1-4H3,(H,29,31). The summed E-state index contributed by atoms with van der Waals surface area (Å²) >= 11 is 0. The molecule has 0 aliphatic carbocycles. The summed E-state index contributed by atoms with van der Waals surface area (Å²) in [6, 6.07) is 17.6. The van der Waals surface area contributed by atoms with Gasteiger partial charge in [0, 0.05) is 30.0 Å². The molecule has 0 fully saturated rings. The molecule has 0 bridgehead atoms. The molecule has 0 saturated carbocycles. The van der Waals surface area contributed by atoms with Crippen molar-refractivity contribution in [2.24, 2.45) is 0 Å². The second-order valence-electron chi connectivity index (χ2n) is 8.93. The average Bonchev–Trinajstić information content (AvgIpc) is 3.40. The quantitative estimate of drug-likeness (QED) is 0.234. The van der Waals surface area contributed by atoms with Crippen molar-refractivity contribution in [1.82, 2.24) is 19.6 Å². The van der Waals surface area contributed by atoms with Crippen LogP contribution in [0.15, 0.2) is 65.6 Å². The van der Waals surface area contributed by atoms with Gasteiger partial charge >= 0.3 is 0 Å². The predicted molar refractivity (Wildman–Crippen MR) is 150 cm³/mol. The van der Waals surface area contributed by atoms with Crippen molar-refractivity contribution in [3.63, 3.8) is 0 Å². The summed E-state index contributed by atoms with van der Waals surface area (Å²) in [5, 5.41) is 8.68. The van der Waals surface area contributed by atoms with Crippen LogP contribution in [-0.4, -0.2) is 55.9 Å². The van der Waals surface area contributed by atoms with Gasteiger partial charge in [0.15, 0.2) is 11.5 Å². The lowest BCUT2D eigenvalue weighted by atomic mass is 10.2. The van der Waals surface area contributed by atoms with E-state index >= 15 is 0 Å². The highest BCUT2D eigenvalue weighted by molar-refractivity contribution is 7.86. The number of methoxy groups -OCH3 is 3. The zero-order valence-electron chi connectivity index (χ0n) is 22.5. The van der Waals surface area contributed by atoms with Crippen LogP contribution in [-0.2, 0) is 27.3 Å². The van der Waals surface area contributed by atoms with Crippen molar-refractivity contribution >= 4 is 32.6 Å². The van der Waals surface area contributed by atoms with Crippen LogP contribution < -0.4 is 19.5 Å². The van der Waals surface area contributed by atoms with Gasteiger partial charge in [0.25, 0.3) is 10.1 Å². The Morgan fingerprint density at radius 2 is 1.68 bits per heavy atom. The van der Waals surface area contributed by atoms with Crippen LogP contribution in [0.25, 0.3) is 16.6 Å². The van der Waals surface area contributed by atoms with E-state index in [2.05, 4.69) is 10.4 Å². The summed E-state index contributed by atoms with van der Waals surface area (Å²) in [4.78, 5) is 9.58. The fourth-order valence-electron chi connectivity index (χ4n) is 4.22. The molecule has 40 heavy (non-hydrogen) atoms. The molecular formula is C28H29N5O6S. The van der Waals surface area contributed by atoms with E-state index in [-0.39, 0.29) is 17.9 Å². The van der Waals surface area contributed by atoms with Crippen LogP contribution in [0.2, 0.25) is 0 Å². The van der Waals surface area contributed by atoms with E-state index in [4.69, 9.17) is 28.4 Å². The van der Waals surface area contributed by atoms with Gasteiger partial charge in [0.2, 0.25) is 5.95 Å². The van der Waals surface area contributed by atoms with Crippen molar-refractivity contribution in [3.8, 4) is 17.2 Å². The molecule has 0 amide bonds. The van der Waals surface area contributed by atoms with Crippen molar-refractivity contribution < 1.29 is 26.8 Å². The van der Waals surface area contributed by atoms with Gasteiger partial charge in [0.1, 0.15) is 22.8 Å². The maximum absolute atomic E-state index is 12.6. The average molecular weight is 564 g/mol. The number of nitrogens with zero attached hydrogens (tertiary/aromatic N) is 4. The molecule has 11 nitrogen and oxygen atoms in total. The first-order valence-electron chi connectivity index (χ1n) is 12.5. The molecule has 5 aromatic rings. The van der Waals surface area contributed by atoms with Crippen LogP contribution in [0.3, 0.4) is 0 Å². The van der Waals surface area contributed by atoms with Crippen LogP contribution in [0.1, 0.15) is 17.0 Å². The summed E-state index contributed by atoms with van der Waals surface area (Å²) in [6.45, 7) is 2.15. The second-order valence-corrected chi connectivity index (χ2v) is 10.5. The van der Waals surface area contributed by atoms with E-state index in [9.17, 15) is 8.42 Å². The number of aryl methyl sites for hydroxylation is 1. The molecule has 0 aliphatic heterocycles. The maximum atomic E-state index is 12.6. The Hall–Kier alpha value is -4.42. The number of ether oxygens (including phenoxy) is 3. The molecule has 12 heteroatoms. The molecule has 208 valence electrons. The van der Waals surface area contributed by atoms with Gasteiger partial charge < -0.3 is 19.5 Å². The monoisotopic (exact) mass is 563 g/mol. The number of hydrogen-bond acceptors (Lipinski definition) is 10. The molecule has 1 N–H and O–H groups in total. The normalized spacial score (nSPS) is 11.6. The fourth-order valence-corrected chi connectivity index (χ4v) is 5.13. The molecule has 0 saturated heterocycles. The number of nitrogens with one attached hydrogen (secondary N) is 1. The van der Waals surface area contributed by atoms with Crippen molar-refractivity contribution in [3.05, 3.63) is 77.6 Å². The van der Waals surface area contributed by atoms with Crippen LogP contribution in [0.5, 0.6) is 17.2 Å². The number of benzene rings is 3. The zero-order chi connectivity index (χ0) is 28.3. The Bertz CT molecular complexity index is 1770. The highest BCUT2D eigenvalue weighted by Gasteiger charge is 2.19. The Labute approximate surface area is 231 Å².